The van der Waals surface area contributed by atoms with Gasteiger partial charge in [-0.05, 0) is 56.2 Å². The van der Waals surface area contributed by atoms with E-state index in [0.29, 0.717) is 6.61 Å². The number of aryl methyl sites for hydroxylation is 1. The summed E-state index contributed by atoms with van der Waals surface area (Å²) in [5.74, 6) is 0.928. The molecule has 0 radical (unpaired) electrons. The molecule has 2 N–H and O–H groups in total. The van der Waals surface area contributed by atoms with E-state index in [-0.39, 0.29) is 0 Å². The van der Waals surface area contributed by atoms with Crippen LogP contribution in [0.3, 0.4) is 0 Å². The molecule has 23 heavy (non-hydrogen) atoms. The molecule has 0 aliphatic rings. The Morgan fingerprint density at radius 1 is 0.913 bits per heavy atom. The molecule has 2 aromatic carbocycles. The molecule has 0 spiro atoms. The summed E-state index contributed by atoms with van der Waals surface area (Å²) in [6.07, 6.45) is 1.15. The Bertz CT molecular complexity index is 566. The molecule has 0 fully saturated rings. The lowest BCUT2D eigenvalue weighted by molar-refractivity contribution is 0.306. The number of hydrogen-bond acceptors (Lipinski definition) is 3. The Hall–Kier alpha value is -1.84. The van der Waals surface area contributed by atoms with E-state index in [1.807, 2.05) is 6.07 Å². The summed E-state index contributed by atoms with van der Waals surface area (Å²) in [5.41, 5.74) is 3.73. The van der Waals surface area contributed by atoms with Crippen LogP contribution in [0.2, 0.25) is 0 Å². The second-order valence-corrected chi connectivity index (χ2v) is 5.81. The molecule has 0 aliphatic heterocycles. The molecule has 3 heteroatoms. The summed E-state index contributed by atoms with van der Waals surface area (Å²) in [4.78, 5) is 0. The summed E-state index contributed by atoms with van der Waals surface area (Å²) in [6.45, 7) is 8.87. The van der Waals surface area contributed by atoms with Gasteiger partial charge in [0.15, 0.2) is 0 Å². The number of rotatable bonds is 10. The first kappa shape index (κ1) is 17.5. The Kier molecular flexibility index (Phi) is 7.64. The zero-order chi connectivity index (χ0) is 16.3. The van der Waals surface area contributed by atoms with E-state index in [1.54, 1.807) is 0 Å². The highest BCUT2D eigenvalue weighted by molar-refractivity contribution is 5.29. The topological polar surface area (TPSA) is 33.3 Å². The van der Waals surface area contributed by atoms with Crippen molar-refractivity contribution >= 4 is 0 Å². The number of nitrogens with one attached hydrogen (secondary N) is 2. The molecule has 2 aromatic rings. The third-order valence-electron chi connectivity index (χ3n) is 3.71. The van der Waals surface area contributed by atoms with Crippen molar-refractivity contribution in [3.63, 3.8) is 0 Å². The van der Waals surface area contributed by atoms with Gasteiger partial charge in [0, 0.05) is 6.54 Å². The average Bonchev–Trinajstić information content (AvgIpc) is 2.58. The molecule has 0 saturated heterocycles. The van der Waals surface area contributed by atoms with Gasteiger partial charge in [-0.1, -0.05) is 48.9 Å². The quantitative estimate of drug-likeness (QED) is 0.657. The summed E-state index contributed by atoms with van der Waals surface area (Å²) in [6, 6.07) is 16.8. The van der Waals surface area contributed by atoms with Crippen LogP contribution in [-0.2, 0) is 13.2 Å². The molecule has 0 atom stereocenters. The smallest absolute Gasteiger partial charge is 0.120 e. The van der Waals surface area contributed by atoms with Gasteiger partial charge in [0.05, 0.1) is 0 Å². The van der Waals surface area contributed by atoms with Crippen LogP contribution in [0.25, 0.3) is 0 Å². The maximum absolute atomic E-state index is 5.89. The molecule has 0 bridgehead atoms. The predicted octanol–water partition coefficient (Wildman–Crippen LogP) is 3.66. The fourth-order valence-electron chi connectivity index (χ4n) is 2.34. The van der Waals surface area contributed by atoms with Gasteiger partial charge in [0.2, 0.25) is 0 Å². The van der Waals surface area contributed by atoms with Crippen LogP contribution in [0.5, 0.6) is 5.75 Å². The highest BCUT2D eigenvalue weighted by Gasteiger charge is 1.99. The Labute approximate surface area is 140 Å². The predicted molar refractivity (Wildman–Crippen MR) is 96.8 cm³/mol. The van der Waals surface area contributed by atoms with Gasteiger partial charge in [-0.3, -0.25) is 0 Å². The van der Waals surface area contributed by atoms with Crippen molar-refractivity contribution in [1.29, 1.82) is 0 Å². The normalized spacial score (nSPS) is 10.7. The van der Waals surface area contributed by atoms with Crippen LogP contribution < -0.4 is 15.4 Å². The van der Waals surface area contributed by atoms with E-state index in [1.165, 1.54) is 16.7 Å². The van der Waals surface area contributed by atoms with Crippen molar-refractivity contribution in [3.8, 4) is 5.75 Å². The molecule has 0 unspecified atom stereocenters. The van der Waals surface area contributed by atoms with Crippen LogP contribution in [-0.4, -0.2) is 19.6 Å². The first-order chi connectivity index (χ1) is 11.3. The number of hydrogen-bond donors (Lipinski definition) is 2. The maximum Gasteiger partial charge on any atom is 0.120 e. The van der Waals surface area contributed by atoms with Gasteiger partial charge in [-0.15, -0.1) is 0 Å². The minimum Gasteiger partial charge on any atom is -0.489 e. The molecule has 0 saturated carbocycles. The molecule has 2 rings (SSSR count). The summed E-state index contributed by atoms with van der Waals surface area (Å²) in [5, 5.41) is 6.80. The molecule has 0 aliphatic carbocycles. The van der Waals surface area contributed by atoms with E-state index in [0.717, 1.165) is 38.3 Å². The third kappa shape index (κ3) is 6.85. The molecule has 0 aromatic heterocycles. The van der Waals surface area contributed by atoms with Crippen molar-refractivity contribution in [2.45, 2.75) is 33.4 Å². The van der Waals surface area contributed by atoms with E-state index >= 15 is 0 Å². The lowest BCUT2D eigenvalue weighted by atomic mass is 10.2. The highest BCUT2D eigenvalue weighted by atomic mass is 16.5. The van der Waals surface area contributed by atoms with Crippen LogP contribution in [0, 0.1) is 6.92 Å². The van der Waals surface area contributed by atoms with E-state index in [9.17, 15) is 0 Å². The fraction of sp³-hybridized carbons (Fsp3) is 0.400. The largest absolute Gasteiger partial charge is 0.489 e. The molecule has 0 heterocycles. The fourth-order valence-corrected chi connectivity index (χ4v) is 2.34. The lowest BCUT2D eigenvalue weighted by Gasteiger charge is -2.09. The van der Waals surface area contributed by atoms with Gasteiger partial charge < -0.3 is 15.4 Å². The molecule has 3 nitrogen and oxygen atoms in total. The first-order valence-corrected chi connectivity index (χ1v) is 8.46. The number of benzene rings is 2. The Balaban J connectivity index is 1.74. The molecular weight excluding hydrogens is 284 g/mol. The van der Waals surface area contributed by atoms with Gasteiger partial charge in [-0.2, -0.15) is 0 Å². The molecular formula is C20H28N2O. The average molecular weight is 312 g/mol. The van der Waals surface area contributed by atoms with Gasteiger partial charge in [0.25, 0.3) is 0 Å². The minimum atomic E-state index is 0.611. The Morgan fingerprint density at radius 3 is 2.48 bits per heavy atom. The van der Waals surface area contributed by atoms with E-state index in [2.05, 4.69) is 66.9 Å². The van der Waals surface area contributed by atoms with Crippen LogP contribution in [0.4, 0.5) is 0 Å². The second kappa shape index (κ2) is 10.0. The van der Waals surface area contributed by atoms with Gasteiger partial charge >= 0.3 is 0 Å². The first-order valence-electron chi connectivity index (χ1n) is 8.46. The minimum absolute atomic E-state index is 0.611. The van der Waals surface area contributed by atoms with Gasteiger partial charge in [-0.25, -0.2) is 0 Å². The summed E-state index contributed by atoms with van der Waals surface area (Å²) >= 11 is 0. The molecule has 124 valence electrons. The Morgan fingerprint density at radius 2 is 1.70 bits per heavy atom. The van der Waals surface area contributed by atoms with Crippen LogP contribution >= 0.6 is 0 Å². The SMILES string of the molecule is CCNCCCNCc1cccc(OCc2ccc(C)cc2)c1. The number of ether oxygens (including phenoxy) is 1. The standard InChI is InChI=1S/C20H28N2O/c1-3-21-12-5-13-22-15-19-6-4-7-20(14-19)23-16-18-10-8-17(2)9-11-18/h4,6-11,14,21-22H,3,5,12-13,15-16H2,1-2H3. The van der Waals surface area contributed by atoms with Gasteiger partial charge in [0.1, 0.15) is 12.4 Å². The summed E-state index contributed by atoms with van der Waals surface area (Å²) < 4.78 is 5.89. The van der Waals surface area contributed by atoms with Crippen molar-refractivity contribution in [2.75, 3.05) is 19.6 Å². The summed E-state index contributed by atoms with van der Waals surface area (Å²) in [7, 11) is 0. The third-order valence-corrected chi connectivity index (χ3v) is 3.71. The zero-order valence-electron chi connectivity index (χ0n) is 14.3. The lowest BCUT2D eigenvalue weighted by Crippen LogP contribution is -2.21. The van der Waals surface area contributed by atoms with E-state index in [4.69, 9.17) is 4.74 Å². The van der Waals surface area contributed by atoms with Crippen molar-refractivity contribution in [3.05, 3.63) is 65.2 Å². The van der Waals surface area contributed by atoms with Crippen molar-refractivity contribution in [1.82, 2.24) is 10.6 Å². The van der Waals surface area contributed by atoms with Crippen LogP contribution in [0.15, 0.2) is 48.5 Å². The molecule has 0 amide bonds. The van der Waals surface area contributed by atoms with Crippen molar-refractivity contribution < 1.29 is 4.74 Å². The monoisotopic (exact) mass is 312 g/mol. The second-order valence-electron chi connectivity index (χ2n) is 5.81. The maximum atomic E-state index is 5.89. The van der Waals surface area contributed by atoms with Crippen molar-refractivity contribution in [2.24, 2.45) is 0 Å². The van der Waals surface area contributed by atoms with Crippen LogP contribution in [0.1, 0.15) is 30.0 Å². The zero-order valence-corrected chi connectivity index (χ0v) is 14.3. The highest BCUT2D eigenvalue weighted by Crippen LogP contribution is 2.15. The van der Waals surface area contributed by atoms with E-state index < -0.39 is 0 Å².